The molecule has 1 aliphatic heterocycles. The Bertz CT molecular complexity index is 310. The van der Waals surface area contributed by atoms with E-state index in [4.69, 9.17) is 4.74 Å². The summed E-state index contributed by atoms with van der Waals surface area (Å²) in [5.74, 6) is 0.281. The number of carbonyl (C=O) groups is 1. The molecule has 1 amide bonds. The largest absolute Gasteiger partial charge is 0.376 e. The SMILES string of the molecule is CCCC1NC(CCC)N(CC2(OC)CCC2)C1=O. The average molecular weight is 268 g/mol. The predicted molar refractivity (Wildman–Crippen MR) is 75.8 cm³/mol. The summed E-state index contributed by atoms with van der Waals surface area (Å²) in [4.78, 5) is 14.6. The fourth-order valence-electron chi connectivity index (χ4n) is 3.25. The smallest absolute Gasteiger partial charge is 0.241 e. The van der Waals surface area contributed by atoms with E-state index >= 15 is 0 Å². The van der Waals surface area contributed by atoms with Crippen molar-refractivity contribution in [2.75, 3.05) is 13.7 Å². The van der Waals surface area contributed by atoms with Crippen LogP contribution in [0.5, 0.6) is 0 Å². The zero-order chi connectivity index (χ0) is 13.9. The van der Waals surface area contributed by atoms with Crippen LogP contribution < -0.4 is 5.32 Å². The van der Waals surface area contributed by atoms with Gasteiger partial charge in [-0.3, -0.25) is 10.1 Å². The number of amides is 1. The third-order valence-electron chi connectivity index (χ3n) is 4.65. The van der Waals surface area contributed by atoms with E-state index in [1.165, 1.54) is 6.42 Å². The maximum atomic E-state index is 12.5. The molecular weight excluding hydrogens is 240 g/mol. The number of hydrogen-bond donors (Lipinski definition) is 1. The van der Waals surface area contributed by atoms with E-state index in [9.17, 15) is 4.79 Å². The Morgan fingerprint density at radius 3 is 2.47 bits per heavy atom. The molecule has 1 saturated heterocycles. The fraction of sp³-hybridized carbons (Fsp3) is 0.933. The molecule has 0 bridgehead atoms. The maximum absolute atomic E-state index is 12.5. The first kappa shape index (κ1) is 14.8. The molecule has 2 rings (SSSR count). The molecule has 4 heteroatoms. The van der Waals surface area contributed by atoms with Crippen LogP contribution in [-0.2, 0) is 9.53 Å². The lowest BCUT2D eigenvalue weighted by molar-refractivity contribution is -0.140. The number of ether oxygens (including phenoxy) is 1. The van der Waals surface area contributed by atoms with Crippen LogP contribution in [0, 0.1) is 0 Å². The zero-order valence-corrected chi connectivity index (χ0v) is 12.6. The van der Waals surface area contributed by atoms with Gasteiger partial charge in [0.15, 0.2) is 0 Å². The Balaban J connectivity index is 2.04. The maximum Gasteiger partial charge on any atom is 0.241 e. The van der Waals surface area contributed by atoms with Crippen LogP contribution in [0.4, 0.5) is 0 Å². The van der Waals surface area contributed by atoms with Crippen molar-refractivity contribution in [1.29, 1.82) is 0 Å². The molecule has 0 radical (unpaired) electrons. The normalized spacial score (nSPS) is 29.6. The van der Waals surface area contributed by atoms with Gasteiger partial charge in [0, 0.05) is 7.11 Å². The molecule has 1 heterocycles. The Labute approximate surface area is 116 Å². The van der Waals surface area contributed by atoms with Crippen molar-refractivity contribution in [1.82, 2.24) is 10.2 Å². The molecule has 110 valence electrons. The van der Waals surface area contributed by atoms with Gasteiger partial charge in [-0.2, -0.15) is 0 Å². The second-order valence-corrected chi connectivity index (χ2v) is 6.02. The van der Waals surface area contributed by atoms with Crippen LogP contribution >= 0.6 is 0 Å². The molecule has 4 nitrogen and oxygen atoms in total. The number of carbonyl (C=O) groups excluding carboxylic acids is 1. The topological polar surface area (TPSA) is 41.6 Å². The third-order valence-corrected chi connectivity index (χ3v) is 4.65. The van der Waals surface area contributed by atoms with Crippen molar-refractivity contribution >= 4 is 5.91 Å². The van der Waals surface area contributed by atoms with Crippen molar-refractivity contribution in [2.45, 2.75) is 76.6 Å². The monoisotopic (exact) mass is 268 g/mol. The van der Waals surface area contributed by atoms with Gasteiger partial charge in [-0.05, 0) is 32.1 Å². The van der Waals surface area contributed by atoms with Gasteiger partial charge in [-0.15, -0.1) is 0 Å². The molecule has 2 aliphatic rings. The van der Waals surface area contributed by atoms with Crippen LogP contribution in [0.2, 0.25) is 0 Å². The molecule has 0 aromatic carbocycles. The Kier molecular flexibility index (Phi) is 4.85. The summed E-state index contributed by atoms with van der Waals surface area (Å²) in [6.07, 6.45) is 7.73. The standard InChI is InChI=1S/C15H28N2O2/c1-4-7-12-14(18)17(13(16-12)8-5-2)11-15(19-3)9-6-10-15/h12-13,16H,4-11H2,1-3H3. The summed E-state index contributed by atoms with van der Waals surface area (Å²) >= 11 is 0. The lowest BCUT2D eigenvalue weighted by Gasteiger charge is -2.44. The third kappa shape index (κ3) is 2.95. The quantitative estimate of drug-likeness (QED) is 0.770. The van der Waals surface area contributed by atoms with Crippen LogP contribution in [0.3, 0.4) is 0 Å². The number of rotatable bonds is 7. The van der Waals surface area contributed by atoms with Crippen LogP contribution in [0.15, 0.2) is 0 Å². The molecule has 0 spiro atoms. The first-order valence-corrected chi connectivity index (χ1v) is 7.77. The molecule has 1 saturated carbocycles. The Hall–Kier alpha value is -0.610. The van der Waals surface area contributed by atoms with Crippen LogP contribution in [0.25, 0.3) is 0 Å². The van der Waals surface area contributed by atoms with Crippen molar-refractivity contribution in [3.8, 4) is 0 Å². The predicted octanol–water partition coefficient (Wildman–Crippen LogP) is 2.28. The minimum Gasteiger partial charge on any atom is -0.376 e. The van der Waals surface area contributed by atoms with E-state index in [0.717, 1.165) is 45.1 Å². The molecule has 2 fully saturated rings. The van der Waals surface area contributed by atoms with Gasteiger partial charge in [0.05, 0.1) is 24.4 Å². The summed E-state index contributed by atoms with van der Waals surface area (Å²) in [6.45, 7) is 5.07. The molecule has 2 unspecified atom stereocenters. The van der Waals surface area contributed by atoms with Gasteiger partial charge in [0.2, 0.25) is 5.91 Å². The summed E-state index contributed by atoms with van der Waals surface area (Å²) < 4.78 is 5.68. The van der Waals surface area contributed by atoms with Gasteiger partial charge < -0.3 is 9.64 Å². The highest BCUT2D eigenvalue weighted by atomic mass is 16.5. The van der Waals surface area contributed by atoms with E-state index in [1.807, 2.05) is 4.90 Å². The molecule has 2 atom stereocenters. The Morgan fingerprint density at radius 1 is 1.32 bits per heavy atom. The molecule has 19 heavy (non-hydrogen) atoms. The summed E-state index contributed by atoms with van der Waals surface area (Å²) in [5.41, 5.74) is -0.0650. The average Bonchev–Trinajstić information content (AvgIpc) is 2.63. The zero-order valence-electron chi connectivity index (χ0n) is 12.6. The van der Waals surface area contributed by atoms with Gasteiger partial charge in [-0.1, -0.05) is 26.7 Å². The van der Waals surface area contributed by atoms with Crippen molar-refractivity contribution in [3.63, 3.8) is 0 Å². The number of hydrogen-bond acceptors (Lipinski definition) is 3. The van der Waals surface area contributed by atoms with E-state index in [0.29, 0.717) is 0 Å². The van der Waals surface area contributed by atoms with E-state index in [1.54, 1.807) is 7.11 Å². The lowest BCUT2D eigenvalue weighted by atomic mass is 9.79. The van der Waals surface area contributed by atoms with Gasteiger partial charge in [0.25, 0.3) is 0 Å². The highest BCUT2D eigenvalue weighted by molar-refractivity contribution is 5.84. The highest BCUT2D eigenvalue weighted by Gasteiger charge is 2.45. The molecular formula is C15H28N2O2. The van der Waals surface area contributed by atoms with Crippen molar-refractivity contribution in [3.05, 3.63) is 0 Å². The molecule has 1 aliphatic carbocycles. The lowest BCUT2D eigenvalue weighted by Crippen LogP contribution is -2.52. The molecule has 0 aromatic heterocycles. The van der Waals surface area contributed by atoms with Crippen molar-refractivity contribution < 1.29 is 9.53 Å². The van der Waals surface area contributed by atoms with Gasteiger partial charge >= 0.3 is 0 Å². The van der Waals surface area contributed by atoms with E-state index < -0.39 is 0 Å². The highest BCUT2D eigenvalue weighted by Crippen LogP contribution is 2.37. The van der Waals surface area contributed by atoms with Crippen LogP contribution in [0.1, 0.15) is 58.8 Å². The molecule has 0 aromatic rings. The first-order chi connectivity index (χ1) is 9.15. The fourth-order valence-corrected chi connectivity index (χ4v) is 3.25. The van der Waals surface area contributed by atoms with Crippen molar-refractivity contribution in [2.24, 2.45) is 0 Å². The summed E-state index contributed by atoms with van der Waals surface area (Å²) in [5, 5.41) is 3.51. The van der Waals surface area contributed by atoms with E-state index in [-0.39, 0.29) is 23.7 Å². The summed E-state index contributed by atoms with van der Waals surface area (Å²) in [7, 11) is 1.78. The second-order valence-electron chi connectivity index (χ2n) is 6.02. The Morgan fingerprint density at radius 2 is 2.00 bits per heavy atom. The summed E-state index contributed by atoms with van der Waals surface area (Å²) in [6, 6.07) is 0.0236. The van der Waals surface area contributed by atoms with E-state index in [2.05, 4.69) is 19.2 Å². The van der Waals surface area contributed by atoms with Gasteiger partial charge in [-0.25, -0.2) is 0 Å². The second kappa shape index (κ2) is 6.23. The molecule has 1 N–H and O–H groups in total. The number of methoxy groups -OCH3 is 1. The minimum absolute atomic E-state index is 0.0236. The minimum atomic E-state index is -0.0650. The number of nitrogens with one attached hydrogen (secondary N) is 1. The number of nitrogens with zero attached hydrogens (tertiary/aromatic N) is 1. The van der Waals surface area contributed by atoms with Gasteiger partial charge in [0.1, 0.15) is 0 Å². The van der Waals surface area contributed by atoms with Crippen LogP contribution in [-0.4, -0.2) is 42.3 Å². The first-order valence-electron chi connectivity index (χ1n) is 7.77.